The lowest BCUT2D eigenvalue weighted by Crippen LogP contribution is -2.02. The summed E-state index contributed by atoms with van der Waals surface area (Å²) in [6.07, 6.45) is 0. The van der Waals surface area contributed by atoms with Crippen molar-refractivity contribution in [3.8, 4) is 0 Å². The van der Waals surface area contributed by atoms with E-state index in [-0.39, 0.29) is 5.97 Å². The Hall–Kier alpha value is -2.49. The summed E-state index contributed by atoms with van der Waals surface area (Å²) >= 11 is 0. The normalized spacial score (nSPS) is 10.0. The van der Waals surface area contributed by atoms with Gasteiger partial charge in [0.25, 0.3) is 0 Å². The lowest BCUT2D eigenvalue weighted by Gasteiger charge is -2.11. The van der Waals surface area contributed by atoms with Crippen LogP contribution in [0.4, 0.5) is 17.1 Å². The number of carbonyl (C=O) groups is 1. The molecule has 0 heterocycles. The first-order valence-electron chi connectivity index (χ1n) is 5.91. The molecule has 0 bridgehead atoms. The molecule has 19 heavy (non-hydrogen) atoms. The van der Waals surface area contributed by atoms with Crippen LogP contribution >= 0.6 is 0 Å². The van der Waals surface area contributed by atoms with Crippen LogP contribution in [0.15, 0.2) is 42.5 Å². The predicted octanol–water partition coefficient (Wildman–Crippen LogP) is 3.11. The maximum absolute atomic E-state index is 11.4. The van der Waals surface area contributed by atoms with Gasteiger partial charge in [-0.3, -0.25) is 0 Å². The van der Waals surface area contributed by atoms with Crippen molar-refractivity contribution < 1.29 is 9.53 Å². The highest BCUT2D eigenvalue weighted by Crippen LogP contribution is 2.22. The molecule has 2 aromatic carbocycles. The summed E-state index contributed by atoms with van der Waals surface area (Å²) in [5.74, 6) is -0.331. The number of esters is 1. The average Bonchev–Trinajstić information content (AvgIpc) is 2.42. The third-order valence-electron chi connectivity index (χ3n) is 2.84. The third-order valence-corrected chi connectivity index (χ3v) is 2.84. The van der Waals surface area contributed by atoms with E-state index in [0.29, 0.717) is 5.56 Å². The minimum atomic E-state index is -0.331. The Morgan fingerprint density at radius 1 is 1.16 bits per heavy atom. The van der Waals surface area contributed by atoms with Gasteiger partial charge in [-0.1, -0.05) is 0 Å². The van der Waals surface area contributed by atoms with Crippen LogP contribution in [0.2, 0.25) is 0 Å². The highest BCUT2D eigenvalue weighted by molar-refractivity contribution is 5.90. The average molecular weight is 256 g/mol. The van der Waals surface area contributed by atoms with E-state index in [4.69, 9.17) is 5.73 Å². The lowest BCUT2D eigenvalue weighted by atomic mass is 10.1. The number of anilines is 3. The maximum atomic E-state index is 11.4. The number of aryl methyl sites for hydroxylation is 1. The molecule has 0 atom stereocenters. The fourth-order valence-corrected chi connectivity index (χ4v) is 1.77. The molecule has 0 aliphatic rings. The first kappa shape index (κ1) is 13.0. The zero-order valence-electron chi connectivity index (χ0n) is 10.9. The van der Waals surface area contributed by atoms with Gasteiger partial charge in [0.15, 0.2) is 0 Å². The number of hydrogen-bond acceptors (Lipinski definition) is 4. The van der Waals surface area contributed by atoms with E-state index in [1.807, 2.05) is 37.3 Å². The van der Waals surface area contributed by atoms with Gasteiger partial charge in [-0.05, 0) is 55.0 Å². The van der Waals surface area contributed by atoms with Crippen LogP contribution in [-0.4, -0.2) is 13.1 Å². The molecule has 0 fully saturated rings. The molecule has 0 saturated carbocycles. The number of methoxy groups -OCH3 is 1. The molecule has 0 amide bonds. The van der Waals surface area contributed by atoms with Gasteiger partial charge in [0.05, 0.1) is 12.7 Å². The van der Waals surface area contributed by atoms with Crippen LogP contribution in [0.25, 0.3) is 0 Å². The molecule has 0 aliphatic heterocycles. The fourth-order valence-electron chi connectivity index (χ4n) is 1.77. The van der Waals surface area contributed by atoms with Gasteiger partial charge >= 0.3 is 5.97 Å². The van der Waals surface area contributed by atoms with E-state index >= 15 is 0 Å². The van der Waals surface area contributed by atoms with Crippen molar-refractivity contribution >= 4 is 23.0 Å². The van der Waals surface area contributed by atoms with E-state index < -0.39 is 0 Å². The molecule has 0 radical (unpaired) electrons. The standard InChI is InChI=1S/C15H16N2O2/c1-10-9-11(15(18)19-2)3-8-14(10)17-13-6-4-12(16)5-7-13/h3-9,17H,16H2,1-2H3. The molecule has 98 valence electrons. The van der Waals surface area contributed by atoms with Crippen molar-refractivity contribution in [1.29, 1.82) is 0 Å². The molecule has 2 aromatic rings. The third kappa shape index (κ3) is 3.04. The minimum Gasteiger partial charge on any atom is -0.465 e. The predicted molar refractivity (Wildman–Crippen MR) is 76.7 cm³/mol. The summed E-state index contributed by atoms with van der Waals surface area (Å²) in [5, 5.41) is 3.28. The Labute approximate surface area is 112 Å². The smallest absolute Gasteiger partial charge is 0.337 e. The van der Waals surface area contributed by atoms with Crippen molar-refractivity contribution in [2.45, 2.75) is 6.92 Å². The number of rotatable bonds is 3. The molecule has 2 rings (SSSR count). The lowest BCUT2D eigenvalue weighted by molar-refractivity contribution is 0.0600. The topological polar surface area (TPSA) is 64.3 Å². The molecule has 4 heteroatoms. The molecular formula is C15H16N2O2. The highest BCUT2D eigenvalue weighted by atomic mass is 16.5. The second kappa shape index (κ2) is 5.44. The van der Waals surface area contributed by atoms with Gasteiger partial charge < -0.3 is 15.8 Å². The molecule has 0 unspecified atom stereocenters. The largest absolute Gasteiger partial charge is 0.465 e. The van der Waals surface area contributed by atoms with E-state index in [0.717, 1.165) is 22.6 Å². The second-order valence-electron chi connectivity index (χ2n) is 4.27. The summed E-state index contributed by atoms with van der Waals surface area (Å²) in [7, 11) is 1.37. The number of nitrogens with one attached hydrogen (secondary N) is 1. The summed E-state index contributed by atoms with van der Waals surface area (Å²) in [5.41, 5.74) is 9.77. The number of nitrogen functional groups attached to an aromatic ring is 1. The molecule has 0 saturated heterocycles. The monoisotopic (exact) mass is 256 g/mol. The van der Waals surface area contributed by atoms with Gasteiger partial charge in [0.2, 0.25) is 0 Å². The minimum absolute atomic E-state index is 0.331. The van der Waals surface area contributed by atoms with Gasteiger partial charge in [0.1, 0.15) is 0 Å². The van der Waals surface area contributed by atoms with Gasteiger partial charge in [-0.15, -0.1) is 0 Å². The Morgan fingerprint density at radius 3 is 2.42 bits per heavy atom. The first-order valence-corrected chi connectivity index (χ1v) is 5.91. The van der Waals surface area contributed by atoms with Crippen LogP contribution in [-0.2, 0) is 4.74 Å². The molecule has 0 aliphatic carbocycles. The van der Waals surface area contributed by atoms with Crippen LogP contribution in [0, 0.1) is 6.92 Å². The van der Waals surface area contributed by atoms with Crippen LogP contribution < -0.4 is 11.1 Å². The number of carbonyl (C=O) groups excluding carboxylic acids is 1. The summed E-state index contributed by atoms with van der Waals surface area (Å²) in [4.78, 5) is 11.4. The van der Waals surface area contributed by atoms with Crippen LogP contribution in [0.1, 0.15) is 15.9 Å². The van der Waals surface area contributed by atoms with E-state index in [1.54, 1.807) is 12.1 Å². The SMILES string of the molecule is COC(=O)c1ccc(Nc2ccc(N)cc2)c(C)c1. The van der Waals surface area contributed by atoms with Crippen molar-refractivity contribution in [2.75, 3.05) is 18.2 Å². The van der Waals surface area contributed by atoms with Gasteiger partial charge in [0, 0.05) is 17.1 Å². The van der Waals surface area contributed by atoms with Crippen LogP contribution in [0.3, 0.4) is 0 Å². The summed E-state index contributed by atoms with van der Waals surface area (Å²) < 4.78 is 4.69. The number of nitrogens with two attached hydrogens (primary N) is 1. The van der Waals surface area contributed by atoms with Gasteiger partial charge in [-0.2, -0.15) is 0 Å². The number of hydrogen-bond donors (Lipinski definition) is 2. The molecular weight excluding hydrogens is 240 g/mol. The fraction of sp³-hybridized carbons (Fsp3) is 0.133. The molecule has 0 spiro atoms. The maximum Gasteiger partial charge on any atom is 0.337 e. The molecule has 4 nitrogen and oxygen atoms in total. The van der Waals surface area contributed by atoms with E-state index in [1.165, 1.54) is 7.11 Å². The van der Waals surface area contributed by atoms with Crippen molar-refractivity contribution in [1.82, 2.24) is 0 Å². The Balaban J connectivity index is 2.22. The highest BCUT2D eigenvalue weighted by Gasteiger charge is 2.07. The quantitative estimate of drug-likeness (QED) is 0.654. The number of ether oxygens (including phenoxy) is 1. The van der Waals surface area contributed by atoms with E-state index in [2.05, 4.69) is 10.1 Å². The van der Waals surface area contributed by atoms with E-state index in [9.17, 15) is 4.79 Å². The van der Waals surface area contributed by atoms with Crippen molar-refractivity contribution in [3.63, 3.8) is 0 Å². The zero-order chi connectivity index (χ0) is 13.8. The summed E-state index contributed by atoms with van der Waals surface area (Å²) in [6.45, 7) is 1.94. The molecule has 0 aromatic heterocycles. The Kier molecular flexibility index (Phi) is 3.71. The van der Waals surface area contributed by atoms with Crippen molar-refractivity contribution in [2.24, 2.45) is 0 Å². The summed E-state index contributed by atoms with van der Waals surface area (Å²) in [6, 6.07) is 12.9. The molecule has 3 N–H and O–H groups in total. The Morgan fingerprint density at radius 2 is 1.84 bits per heavy atom. The first-order chi connectivity index (χ1) is 9.10. The van der Waals surface area contributed by atoms with Crippen molar-refractivity contribution in [3.05, 3.63) is 53.6 Å². The zero-order valence-corrected chi connectivity index (χ0v) is 10.9. The second-order valence-corrected chi connectivity index (χ2v) is 4.27. The number of benzene rings is 2. The van der Waals surface area contributed by atoms with Crippen LogP contribution in [0.5, 0.6) is 0 Å². The van der Waals surface area contributed by atoms with Gasteiger partial charge in [-0.25, -0.2) is 4.79 Å². The Bertz CT molecular complexity index is 592.